The van der Waals surface area contributed by atoms with Crippen molar-refractivity contribution < 1.29 is 0 Å². The van der Waals surface area contributed by atoms with Crippen molar-refractivity contribution in [2.24, 2.45) is 5.92 Å². The Labute approximate surface area is 89.1 Å². The zero-order valence-electron chi connectivity index (χ0n) is 10.4. The Balaban J connectivity index is 2.16. The van der Waals surface area contributed by atoms with E-state index >= 15 is 0 Å². The van der Waals surface area contributed by atoms with Crippen LogP contribution in [0.5, 0.6) is 0 Å². The van der Waals surface area contributed by atoms with E-state index in [4.69, 9.17) is 0 Å². The zero-order valence-corrected chi connectivity index (χ0v) is 10.4. The van der Waals surface area contributed by atoms with Crippen molar-refractivity contribution >= 4 is 0 Å². The predicted octanol–water partition coefficient (Wildman–Crippen LogP) is 2.10. The average Bonchev–Trinajstić information content (AvgIpc) is 2.95. The second kappa shape index (κ2) is 5.13. The molecular formula is C12H26N2. The topological polar surface area (TPSA) is 15.3 Å². The van der Waals surface area contributed by atoms with Crippen LogP contribution in [0.4, 0.5) is 0 Å². The van der Waals surface area contributed by atoms with Crippen LogP contribution in [-0.2, 0) is 0 Å². The summed E-state index contributed by atoms with van der Waals surface area (Å²) in [6, 6.07) is 2.18. The second-order valence-electron chi connectivity index (χ2n) is 5.19. The van der Waals surface area contributed by atoms with Gasteiger partial charge in [-0.05, 0) is 39.7 Å². The average molecular weight is 198 g/mol. The van der Waals surface area contributed by atoms with Gasteiger partial charge in [-0.15, -0.1) is 0 Å². The van der Waals surface area contributed by atoms with Crippen LogP contribution in [0.15, 0.2) is 0 Å². The van der Waals surface area contributed by atoms with Gasteiger partial charge < -0.3 is 5.32 Å². The van der Waals surface area contributed by atoms with E-state index in [-0.39, 0.29) is 0 Å². The van der Waals surface area contributed by atoms with Crippen LogP contribution in [0.1, 0.15) is 40.5 Å². The summed E-state index contributed by atoms with van der Waals surface area (Å²) in [5.41, 5.74) is 0. The Bertz CT molecular complexity index is 164. The van der Waals surface area contributed by atoms with E-state index in [0.29, 0.717) is 12.1 Å². The van der Waals surface area contributed by atoms with Crippen molar-refractivity contribution in [3.63, 3.8) is 0 Å². The molecule has 0 heterocycles. The molecule has 1 aliphatic carbocycles. The lowest BCUT2D eigenvalue weighted by atomic mass is 10.1. The quantitative estimate of drug-likeness (QED) is 0.703. The van der Waals surface area contributed by atoms with Crippen LogP contribution in [0.25, 0.3) is 0 Å². The highest BCUT2D eigenvalue weighted by Crippen LogP contribution is 2.26. The van der Waals surface area contributed by atoms with Gasteiger partial charge >= 0.3 is 0 Å². The molecule has 1 aliphatic rings. The maximum atomic E-state index is 3.60. The minimum absolute atomic E-state index is 0.630. The fourth-order valence-corrected chi connectivity index (χ4v) is 1.58. The molecule has 84 valence electrons. The fourth-order valence-electron chi connectivity index (χ4n) is 1.58. The molecule has 0 radical (unpaired) electrons. The smallest absolute Gasteiger partial charge is 0.0192 e. The summed E-state index contributed by atoms with van der Waals surface area (Å²) in [5.74, 6) is 0.730. The van der Waals surface area contributed by atoms with Gasteiger partial charge in [-0.1, -0.05) is 13.8 Å². The van der Waals surface area contributed by atoms with E-state index < -0.39 is 0 Å². The maximum absolute atomic E-state index is 3.60. The molecule has 1 fully saturated rings. The van der Waals surface area contributed by atoms with Crippen LogP contribution in [-0.4, -0.2) is 36.6 Å². The molecule has 0 spiro atoms. The number of nitrogens with one attached hydrogen (secondary N) is 1. The van der Waals surface area contributed by atoms with Crippen molar-refractivity contribution in [3.8, 4) is 0 Å². The van der Waals surface area contributed by atoms with Crippen LogP contribution in [0.2, 0.25) is 0 Å². The fraction of sp³-hybridized carbons (Fsp3) is 1.00. The van der Waals surface area contributed by atoms with Crippen molar-refractivity contribution in [2.45, 2.75) is 58.7 Å². The van der Waals surface area contributed by atoms with Crippen molar-refractivity contribution in [2.75, 3.05) is 13.6 Å². The summed E-state index contributed by atoms with van der Waals surface area (Å²) in [7, 11) is 2.25. The van der Waals surface area contributed by atoms with E-state index in [1.54, 1.807) is 0 Å². The Morgan fingerprint density at radius 3 is 2.21 bits per heavy atom. The van der Waals surface area contributed by atoms with Gasteiger partial charge in [-0.25, -0.2) is 0 Å². The highest BCUT2D eigenvalue weighted by Gasteiger charge is 2.28. The third-order valence-corrected chi connectivity index (χ3v) is 3.55. The number of likely N-dealkylation sites (N-methyl/N-ethyl adjacent to an activating group) is 1. The molecule has 2 heteroatoms. The molecule has 0 aromatic carbocycles. The molecule has 0 bridgehead atoms. The monoisotopic (exact) mass is 198 g/mol. The van der Waals surface area contributed by atoms with Gasteiger partial charge in [0.1, 0.15) is 0 Å². The summed E-state index contributed by atoms with van der Waals surface area (Å²) < 4.78 is 0. The summed E-state index contributed by atoms with van der Waals surface area (Å²) in [6.07, 6.45) is 2.81. The molecular weight excluding hydrogens is 172 g/mol. The Kier molecular flexibility index (Phi) is 4.39. The number of nitrogens with zero attached hydrogens (tertiary/aromatic N) is 1. The molecule has 14 heavy (non-hydrogen) atoms. The second-order valence-corrected chi connectivity index (χ2v) is 5.19. The van der Waals surface area contributed by atoms with E-state index in [0.717, 1.165) is 18.5 Å². The Morgan fingerprint density at radius 2 is 1.79 bits per heavy atom. The summed E-state index contributed by atoms with van der Waals surface area (Å²) >= 11 is 0. The molecule has 0 saturated heterocycles. The SMILES string of the molecule is CC(C)C(C)NCC(C)N(C)C1CC1. The third kappa shape index (κ3) is 3.58. The van der Waals surface area contributed by atoms with E-state index in [1.807, 2.05) is 0 Å². The molecule has 2 nitrogen and oxygen atoms in total. The van der Waals surface area contributed by atoms with Gasteiger partial charge in [0.25, 0.3) is 0 Å². The molecule has 2 atom stereocenters. The summed E-state index contributed by atoms with van der Waals surface area (Å²) in [5, 5.41) is 3.60. The maximum Gasteiger partial charge on any atom is 0.0192 e. The molecule has 0 aliphatic heterocycles. The standard InChI is InChI=1S/C12H26N2/c1-9(2)11(4)13-8-10(3)14(5)12-6-7-12/h9-13H,6-8H2,1-5H3. The van der Waals surface area contributed by atoms with Crippen molar-refractivity contribution in [3.05, 3.63) is 0 Å². The molecule has 1 saturated carbocycles. The first-order valence-electron chi connectivity index (χ1n) is 5.97. The van der Waals surface area contributed by atoms with Gasteiger partial charge in [-0.3, -0.25) is 4.90 Å². The lowest BCUT2D eigenvalue weighted by Gasteiger charge is -2.27. The highest BCUT2D eigenvalue weighted by atomic mass is 15.2. The van der Waals surface area contributed by atoms with E-state index in [9.17, 15) is 0 Å². The van der Waals surface area contributed by atoms with E-state index in [2.05, 4.69) is 45.0 Å². The van der Waals surface area contributed by atoms with Crippen LogP contribution in [0.3, 0.4) is 0 Å². The number of hydrogen-bond acceptors (Lipinski definition) is 2. The molecule has 1 N–H and O–H groups in total. The Hall–Kier alpha value is -0.0800. The third-order valence-electron chi connectivity index (χ3n) is 3.55. The van der Waals surface area contributed by atoms with Gasteiger partial charge in [-0.2, -0.15) is 0 Å². The molecule has 1 rings (SSSR count). The molecule has 0 aromatic heterocycles. The summed E-state index contributed by atoms with van der Waals surface area (Å²) in [4.78, 5) is 2.51. The van der Waals surface area contributed by atoms with Crippen LogP contribution < -0.4 is 5.32 Å². The van der Waals surface area contributed by atoms with Crippen molar-refractivity contribution in [1.82, 2.24) is 10.2 Å². The van der Waals surface area contributed by atoms with Gasteiger partial charge in [0.15, 0.2) is 0 Å². The largest absolute Gasteiger partial charge is 0.312 e. The number of rotatable bonds is 6. The van der Waals surface area contributed by atoms with Crippen LogP contribution >= 0.6 is 0 Å². The number of hydrogen-bond donors (Lipinski definition) is 1. The first-order valence-corrected chi connectivity index (χ1v) is 5.97. The predicted molar refractivity (Wildman–Crippen MR) is 62.5 cm³/mol. The Morgan fingerprint density at radius 1 is 1.21 bits per heavy atom. The molecule has 2 unspecified atom stereocenters. The minimum atomic E-state index is 0.630. The zero-order chi connectivity index (χ0) is 10.7. The van der Waals surface area contributed by atoms with Gasteiger partial charge in [0, 0.05) is 24.7 Å². The van der Waals surface area contributed by atoms with Crippen LogP contribution in [0, 0.1) is 5.92 Å². The first kappa shape index (κ1) is 12.0. The van der Waals surface area contributed by atoms with Crippen molar-refractivity contribution in [1.29, 1.82) is 0 Å². The van der Waals surface area contributed by atoms with Gasteiger partial charge in [0.05, 0.1) is 0 Å². The lowest BCUT2D eigenvalue weighted by molar-refractivity contribution is 0.231. The lowest BCUT2D eigenvalue weighted by Crippen LogP contribution is -2.43. The normalized spacial score (nSPS) is 21.6. The molecule has 0 aromatic rings. The summed E-state index contributed by atoms with van der Waals surface area (Å²) in [6.45, 7) is 10.2. The minimum Gasteiger partial charge on any atom is -0.312 e. The first-order chi connectivity index (χ1) is 6.52. The van der Waals surface area contributed by atoms with E-state index in [1.165, 1.54) is 12.8 Å². The molecule has 0 amide bonds. The highest BCUT2D eigenvalue weighted by molar-refractivity contribution is 4.86. The van der Waals surface area contributed by atoms with Gasteiger partial charge in [0.2, 0.25) is 0 Å².